The van der Waals surface area contributed by atoms with Crippen molar-refractivity contribution in [1.82, 2.24) is 4.98 Å². The van der Waals surface area contributed by atoms with Gasteiger partial charge in [0.25, 0.3) is 0 Å². The van der Waals surface area contributed by atoms with E-state index in [0.717, 1.165) is 18.6 Å². The highest BCUT2D eigenvalue weighted by molar-refractivity contribution is 9.10. The molecule has 0 atom stereocenters. The number of hydrogen-bond acceptors (Lipinski definition) is 3. The molecule has 0 aliphatic heterocycles. The summed E-state index contributed by atoms with van der Waals surface area (Å²) in [5.41, 5.74) is -0.531. The SMILES string of the molecule is CCCOc1cncc(C(=O)c2c(F)cc(Br)cc2F)c1. The molecule has 6 heteroatoms. The van der Waals surface area contributed by atoms with Gasteiger partial charge in [-0.25, -0.2) is 8.78 Å². The summed E-state index contributed by atoms with van der Waals surface area (Å²) in [6, 6.07) is 3.51. The Kier molecular flexibility index (Phi) is 5.01. The normalized spacial score (nSPS) is 10.5. The molecule has 0 unspecified atom stereocenters. The van der Waals surface area contributed by atoms with Crippen LogP contribution in [0.25, 0.3) is 0 Å². The van der Waals surface area contributed by atoms with Crippen LogP contribution in [0, 0.1) is 11.6 Å². The first-order chi connectivity index (χ1) is 10.0. The predicted octanol–water partition coefficient (Wildman–Crippen LogP) is 4.14. The lowest BCUT2D eigenvalue weighted by Crippen LogP contribution is -2.08. The molecule has 0 saturated carbocycles. The Morgan fingerprint density at radius 3 is 2.52 bits per heavy atom. The van der Waals surface area contributed by atoms with Gasteiger partial charge in [-0.1, -0.05) is 22.9 Å². The van der Waals surface area contributed by atoms with E-state index in [0.29, 0.717) is 12.4 Å². The minimum atomic E-state index is -0.924. The molecule has 2 rings (SSSR count). The van der Waals surface area contributed by atoms with Crippen molar-refractivity contribution in [3.63, 3.8) is 0 Å². The van der Waals surface area contributed by atoms with Crippen molar-refractivity contribution in [2.75, 3.05) is 6.61 Å². The molecule has 3 nitrogen and oxygen atoms in total. The number of ketones is 1. The minimum Gasteiger partial charge on any atom is -0.492 e. The third kappa shape index (κ3) is 3.64. The maximum Gasteiger partial charge on any atom is 0.200 e. The Morgan fingerprint density at radius 1 is 1.24 bits per heavy atom. The van der Waals surface area contributed by atoms with Crippen molar-refractivity contribution in [2.24, 2.45) is 0 Å². The highest BCUT2D eigenvalue weighted by atomic mass is 79.9. The molecule has 2 aromatic rings. The monoisotopic (exact) mass is 355 g/mol. The van der Waals surface area contributed by atoms with Crippen molar-refractivity contribution in [3.8, 4) is 5.75 Å². The third-order valence-corrected chi connectivity index (χ3v) is 3.14. The van der Waals surface area contributed by atoms with E-state index in [9.17, 15) is 13.6 Å². The highest BCUT2D eigenvalue weighted by Gasteiger charge is 2.20. The maximum absolute atomic E-state index is 13.8. The molecule has 1 heterocycles. The lowest BCUT2D eigenvalue weighted by atomic mass is 10.0. The van der Waals surface area contributed by atoms with E-state index in [1.165, 1.54) is 18.5 Å². The van der Waals surface area contributed by atoms with Gasteiger partial charge in [0, 0.05) is 16.2 Å². The van der Waals surface area contributed by atoms with E-state index in [-0.39, 0.29) is 10.0 Å². The topological polar surface area (TPSA) is 39.2 Å². The van der Waals surface area contributed by atoms with Gasteiger partial charge in [-0.15, -0.1) is 0 Å². The largest absolute Gasteiger partial charge is 0.492 e. The molecule has 0 bridgehead atoms. The van der Waals surface area contributed by atoms with Gasteiger partial charge in [-0.3, -0.25) is 9.78 Å². The lowest BCUT2D eigenvalue weighted by molar-refractivity contribution is 0.103. The number of pyridine rings is 1. The molecular weight excluding hydrogens is 344 g/mol. The van der Waals surface area contributed by atoms with Crippen molar-refractivity contribution in [3.05, 3.63) is 57.8 Å². The number of benzene rings is 1. The van der Waals surface area contributed by atoms with Crippen LogP contribution in [-0.4, -0.2) is 17.4 Å². The Balaban J connectivity index is 2.36. The average Bonchev–Trinajstić information content (AvgIpc) is 2.44. The van der Waals surface area contributed by atoms with Crippen molar-refractivity contribution in [2.45, 2.75) is 13.3 Å². The Bertz CT molecular complexity index is 653. The van der Waals surface area contributed by atoms with Gasteiger partial charge >= 0.3 is 0 Å². The van der Waals surface area contributed by atoms with Crippen molar-refractivity contribution in [1.29, 1.82) is 0 Å². The van der Waals surface area contributed by atoms with Crippen LogP contribution in [0.15, 0.2) is 35.1 Å². The zero-order chi connectivity index (χ0) is 15.4. The maximum atomic E-state index is 13.8. The van der Waals surface area contributed by atoms with Crippen LogP contribution in [0.3, 0.4) is 0 Å². The number of rotatable bonds is 5. The van der Waals surface area contributed by atoms with E-state index in [2.05, 4.69) is 20.9 Å². The molecule has 0 spiro atoms. The molecule has 110 valence electrons. The fourth-order valence-corrected chi connectivity index (χ4v) is 2.15. The number of hydrogen-bond donors (Lipinski definition) is 0. The van der Waals surface area contributed by atoms with E-state index in [4.69, 9.17) is 4.74 Å². The van der Waals surface area contributed by atoms with Crippen LogP contribution in [0.1, 0.15) is 29.3 Å². The molecular formula is C15H12BrF2NO2. The Labute approximate surface area is 129 Å². The van der Waals surface area contributed by atoms with Crippen molar-refractivity contribution < 1.29 is 18.3 Å². The van der Waals surface area contributed by atoms with Crippen molar-refractivity contribution >= 4 is 21.7 Å². The van der Waals surface area contributed by atoms with Gasteiger partial charge in [0.05, 0.1) is 18.4 Å². The number of carbonyl (C=O) groups excluding carboxylic acids is 1. The van der Waals surface area contributed by atoms with Gasteiger partial charge in [0.1, 0.15) is 17.4 Å². The molecule has 1 aromatic carbocycles. The Morgan fingerprint density at radius 2 is 1.90 bits per heavy atom. The molecule has 0 aliphatic rings. The van der Waals surface area contributed by atoms with Crippen LogP contribution in [-0.2, 0) is 0 Å². The average molecular weight is 356 g/mol. The zero-order valence-corrected chi connectivity index (χ0v) is 12.8. The second-order valence-corrected chi connectivity index (χ2v) is 5.25. The molecule has 0 fully saturated rings. The van der Waals surface area contributed by atoms with Gasteiger partial charge in [0.2, 0.25) is 5.78 Å². The van der Waals surface area contributed by atoms with Gasteiger partial charge in [0.15, 0.2) is 0 Å². The predicted molar refractivity (Wildman–Crippen MR) is 77.5 cm³/mol. The van der Waals surface area contributed by atoms with Gasteiger partial charge in [-0.2, -0.15) is 0 Å². The summed E-state index contributed by atoms with van der Waals surface area (Å²) in [4.78, 5) is 16.1. The molecule has 1 aromatic heterocycles. The molecule has 0 aliphatic carbocycles. The first-order valence-corrected chi connectivity index (χ1v) is 7.09. The summed E-state index contributed by atoms with van der Waals surface area (Å²) < 4.78 is 33.2. The van der Waals surface area contributed by atoms with Gasteiger partial charge < -0.3 is 4.74 Å². The molecule has 0 saturated heterocycles. The molecule has 0 N–H and O–H groups in total. The molecule has 21 heavy (non-hydrogen) atoms. The van der Waals surface area contributed by atoms with E-state index < -0.39 is 23.0 Å². The third-order valence-electron chi connectivity index (χ3n) is 2.68. The number of halogens is 3. The number of carbonyl (C=O) groups is 1. The Hall–Kier alpha value is -1.82. The van der Waals surface area contributed by atoms with Crippen LogP contribution in [0.4, 0.5) is 8.78 Å². The molecule has 0 amide bonds. The summed E-state index contributed by atoms with van der Waals surface area (Å²) in [6.45, 7) is 2.41. The molecule has 0 radical (unpaired) electrons. The van der Waals surface area contributed by atoms with Crippen LogP contribution >= 0.6 is 15.9 Å². The number of ether oxygens (including phenoxy) is 1. The first-order valence-electron chi connectivity index (χ1n) is 6.30. The fraction of sp³-hybridized carbons (Fsp3) is 0.200. The summed E-state index contributed by atoms with van der Waals surface area (Å²) in [5, 5.41) is 0. The zero-order valence-electron chi connectivity index (χ0n) is 11.2. The number of nitrogens with zero attached hydrogens (tertiary/aromatic N) is 1. The quantitative estimate of drug-likeness (QED) is 0.756. The summed E-state index contributed by atoms with van der Waals surface area (Å²) >= 11 is 2.97. The van der Waals surface area contributed by atoms with E-state index in [1.54, 1.807) is 0 Å². The fourth-order valence-electron chi connectivity index (χ4n) is 1.75. The second kappa shape index (κ2) is 6.76. The summed E-state index contributed by atoms with van der Waals surface area (Å²) in [6.07, 6.45) is 3.50. The summed E-state index contributed by atoms with van der Waals surface area (Å²) in [7, 11) is 0. The second-order valence-electron chi connectivity index (χ2n) is 4.33. The lowest BCUT2D eigenvalue weighted by Gasteiger charge is -2.07. The van der Waals surface area contributed by atoms with Crippen LogP contribution < -0.4 is 4.74 Å². The van der Waals surface area contributed by atoms with Gasteiger partial charge in [-0.05, 0) is 24.6 Å². The summed E-state index contributed by atoms with van der Waals surface area (Å²) in [5.74, 6) is -2.23. The standard InChI is InChI=1S/C15H12BrF2NO2/c1-2-3-21-11-4-9(7-19-8-11)15(20)14-12(17)5-10(16)6-13(14)18/h4-8H,2-3H2,1H3. The highest BCUT2D eigenvalue weighted by Crippen LogP contribution is 2.23. The van der Waals surface area contributed by atoms with E-state index >= 15 is 0 Å². The smallest absolute Gasteiger partial charge is 0.200 e. The minimum absolute atomic E-state index is 0.0729. The van der Waals surface area contributed by atoms with Crippen LogP contribution in [0.5, 0.6) is 5.75 Å². The van der Waals surface area contributed by atoms with Crippen LogP contribution in [0.2, 0.25) is 0 Å². The first kappa shape index (κ1) is 15.6. The van der Waals surface area contributed by atoms with E-state index in [1.807, 2.05) is 6.92 Å². The number of aromatic nitrogens is 1.